The van der Waals surface area contributed by atoms with Crippen LogP contribution in [0.1, 0.15) is 15.2 Å². The van der Waals surface area contributed by atoms with Gasteiger partial charge in [-0.15, -0.1) is 22.7 Å². The molecule has 0 saturated heterocycles. The highest BCUT2D eigenvalue weighted by molar-refractivity contribution is 9.11. The molecule has 0 unspecified atom stereocenters. The summed E-state index contributed by atoms with van der Waals surface area (Å²) in [6.07, 6.45) is 3.06. The molecule has 7 heteroatoms. The highest BCUT2D eigenvalue weighted by Gasteiger charge is 2.12. The molecule has 0 spiro atoms. The van der Waals surface area contributed by atoms with E-state index in [1.54, 1.807) is 11.5 Å². The number of hydrogen-bond acceptors (Lipinski definition) is 4. The maximum atomic E-state index is 11.7. The van der Waals surface area contributed by atoms with Crippen LogP contribution in [0.2, 0.25) is 0 Å². The van der Waals surface area contributed by atoms with Gasteiger partial charge in [-0.25, -0.2) is 4.79 Å². The monoisotopic (exact) mass is 357 g/mol. The van der Waals surface area contributed by atoms with E-state index >= 15 is 0 Å². The van der Waals surface area contributed by atoms with Crippen LogP contribution < -0.4 is 5.32 Å². The third kappa shape index (κ3) is 3.76. The summed E-state index contributed by atoms with van der Waals surface area (Å²) in [6.45, 7) is 0. The number of hydrogen-bond donors (Lipinski definition) is 2. The lowest BCUT2D eigenvalue weighted by Gasteiger charge is -1.99. The van der Waals surface area contributed by atoms with E-state index in [0.717, 1.165) is 8.66 Å². The molecule has 2 aromatic heterocycles. The first-order chi connectivity index (χ1) is 9.06. The molecule has 0 fully saturated rings. The predicted molar refractivity (Wildman–Crippen MR) is 81.0 cm³/mol. The highest BCUT2D eigenvalue weighted by Crippen LogP contribution is 2.24. The maximum Gasteiger partial charge on any atom is 0.338 e. The van der Waals surface area contributed by atoms with Gasteiger partial charge in [0.2, 0.25) is 5.91 Å². The second kappa shape index (κ2) is 6.14. The number of rotatable bonds is 4. The number of anilines is 1. The molecule has 0 aliphatic rings. The topological polar surface area (TPSA) is 66.4 Å². The standard InChI is InChI=1S/C12H8BrNO3S2/c13-9-3-1-7(19-9)2-4-10(15)14-11-8(12(16)17)5-6-18-11/h1-6H,(H,14,15)(H,16,17)/b4-2+. The van der Waals surface area contributed by atoms with Crippen molar-refractivity contribution in [3.05, 3.63) is 43.9 Å². The Morgan fingerprint density at radius 3 is 2.74 bits per heavy atom. The molecule has 0 bridgehead atoms. The minimum atomic E-state index is -1.05. The summed E-state index contributed by atoms with van der Waals surface area (Å²) in [5, 5.41) is 13.4. The molecule has 0 radical (unpaired) electrons. The number of halogens is 1. The molecule has 2 rings (SSSR count). The van der Waals surface area contributed by atoms with E-state index in [1.807, 2.05) is 12.1 Å². The lowest BCUT2D eigenvalue weighted by molar-refractivity contribution is -0.111. The first-order valence-electron chi connectivity index (χ1n) is 5.11. The highest BCUT2D eigenvalue weighted by atomic mass is 79.9. The van der Waals surface area contributed by atoms with E-state index in [4.69, 9.17) is 5.11 Å². The average Bonchev–Trinajstić information content (AvgIpc) is 2.95. The maximum absolute atomic E-state index is 11.7. The van der Waals surface area contributed by atoms with Gasteiger partial charge in [-0.1, -0.05) is 0 Å². The summed E-state index contributed by atoms with van der Waals surface area (Å²) in [7, 11) is 0. The third-order valence-corrected chi connectivity index (χ3v) is 4.54. The molecule has 0 aromatic carbocycles. The number of carbonyl (C=O) groups is 2. The first kappa shape index (κ1) is 14.0. The SMILES string of the molecule is O=C(/C=C/c1ccc(Br)s1)Nc1sccc1C(=O)O. The van der Waals surface area contributed by atoms with Crippen molar-refractivity contribution in [1.29, 1.82) is 0 Å². The minimum Gasteiger partial charge on any atom is -0.478 e. The van der Waals surface area contributed by atoms with Crippen molar-refractivity contribution < 1.29 is 14.7 Å². The van der Waals surface area contributed by atoms with Crippen LogP contribution in [0.3, 0.4) is 0 Å². The molecule has 0 atom stereocenters. The fourth-order valence-corrected chi connectivity index (χ4v) is 3.41. The van der Waals surface area contributed by atoms with Crippen molar-refractivity contribution in [2.75, 3.05) is 5.32 Å². The zero-order valence-electron chi connectivity index (χ0n) is 9.42. The fourth-order valence-electron chi connectivity index (χ4n) is 1.30. The second-order valence-electron chi connectivity index (χ2n) is 3.43. The van der Waals surface area contributed by atoms with E-state index in [9.17, 15) is 9.59 Å². The number of nitrogens with one attached hydrogen (secondary N) is 1. The van der Waals surface area contributed by atoms with Gasteiger partial charge in [-0.3, -0.25) is 4.79 Å². The van der Waals surface area contributed by atoms with Crippen LogP contribution >= 0.6 is 38.6 Å². The number of aromatic carboxylic acids is 1. The normalized spacial score (nSPS) is 10.8. The summed E-state index contributed by atoms with van der Waals surface area (Å²) in [5.41, 5.74) is 0.102. The van der Waals surface area contributed by atoms with E-state index in [1.165, 1.54) is 34.8 Å². The Kier molecular flexibility index (Phi) is 4.52. The molecular formula is C12H8BrNO3S2. The molecule has 1 amide bonds. The fraction of sp³-hybridized carbons (Fsp3) is 0. The van der Waals surface area contributed by atoms with Crippen LogP contribution in [0.25, 0.3) is 6.08 Å². The molecule has 0 aliphatic carbocycles. The number of carboxylic acid groups (broad SMARTS) is 1. The lowest BCUT2D eigenvalue weighted by atomic mass is 10.3. The van der Waals surface area contributed by atoms with Crippen molar-refractivity contribution in [3.8, 4) is 0 Å². The van der Waals surface area contributed by atoms with E-state index in [-0.39, 0.29) is 11.5 Å². The second-order valence-corrected chi connectivity index (χ2v) is 6.84. The van der Waals surface area contributed by atoms with Crippen LogP contribution in [-0.2, 0) is 4.79 Å². The van der Waals surface area contributed by atoms with Gasteiger partial charge in [0, 0.05) is 11.0 Å². The van der Waals surface area contributed by atoms with Crippen molar-refractivity contribution in [1.82, 2.24) is 0 Å². The third-order valence-electron chi connectivity index (χ3n) is 2.13. The van der Waals surface area contributed by atoms with Gasteiger partial charge >= 0.3 is 5.97 Å². The van der Waals surface area contributed by atoms with Crippen LogP contribution in [0.5, 0.6) is 0 Å². The van der Waals surface area contributed by atoms with Gasteiger partial charge < -0.3 is 10.4 Å². The summed E-state index contributed by atoms with van der Waals surface area (Å²) in [5.74, 6) is -1.41. The lowest BCUT2D eigenvalue weighted by Crippen LogP contribution is -2.09. The molecule has 4 nitrogen and oxygen atoms in total. The van der Waals surface area contributed by atoms with Gasteiger partial charge in [-0.2, -0.15) is 0 Å². The first-order valence-corrected chi connectivity index (χ1v) is 7.60. The molecule has 0 aliphatic heterocycles. The van der Waals surface area contributed by atoms with E-state index in [2.05, 4.69) is 21.2 Å². The van der Waals surface area contributed by atoms with Gasteiger partial charge in [0.15, 0.2) is 0 Å². The molecule has 2 N–H and O–H groups in total. The number of carboxylic acids is 1. The van der Waals surface area contributed by atoms with Crippen LogP contribution in [0.4, 0.5) is 5.00 Å². The zero-order chi connectivity index (χ0) is 13.8. The van der Waals surface area contributed by atoms with Gasteiger partial charge in [0.1, 0.15) is 5.00 Å². The Balaban J connectivity index is 2.03. The van der Waals surface area contributed by atoms with Crippen molar-refractivity contribution in [2.45, 2.75) is 0 Å². The molecule has 19 heavy (non-hydrogen) atoms. The molecule has 0 saturated carbocycles. The number of amides is 1. The van der Waals surface area contributed by atoms with Crippen LogP contribution in [0.15, 0.2) is 33.4 Å². The van der Waals surface area contributed by atoms with Crippen molar-refractivity contribution >= 4 is 61.6 Å². The Hall–Kier alpha value is -1.44. The summed E-state index contributed by atoms with van der Waals surface area (Å²) in [6, 6.07) is 5.24. The Labute approximate surface area is 125 Å². The average molecular weight is 358 g/mol. The Morgan fingerprint density at radius 1 is 1.32 bits per heavy atom. The molecule has 2 heterocycles. The molecule has 2 aromatic rings. The van der Waals surface area contributed by atoms with Gasteiger partial charge in [-0.05, 0) is 45.6 Å². The number of thiophene rings is 2. The van der Waals surface area contributed by atoms with E-state index in [0.29, 0.717) is 5.00 Å². The summed E-state index contributed by atoms with van der Waals surface area (Å²) in [4.78, 5) is 23.5. The van der Waals surface area contributed by atoms with Gasteiger partial charge in [0.05, 0.1) is 9.35 Å². The Bertz CT molecular complexity index is 645. The minimum absolute atomic E-state index is 0.102. The quantitative estimate of drug-likeness (QED) is 0.814. The molecule has 98 valence electrons. The van der Waals surface area contributed by atoms with Crippen LogP contribution in [-0.4, -0.2) is 17.0 Å². The van der Waals surface area contributed by atoms with Crippen molar-refractivity contribution in [2.24, 2.45) is 0 Å². The largest absolute Gasteiger partial charge is 0.478 e. The number of carbonyl (C=O) groups excluding carboxylic acids is 1. The molecular weight excluding hydrogens is 350 g/mol. The van der Waals surface area contributed by atoms with Crippen molar-refractivity contribution in [3.63, 3.8) is 0 Å². The summed E-state index contributed by atoms with van der Waals surface area (Å²) < 4.78 is 0.985. The van der Waals surface area contributed by atoms with E-state index < -0.39 is 5.97 Å². The summed E-state index contributed by atoms with van der Waals surface area (Å²) >= 11 is 6.02. The zero-order valence-corrected chi connectivity index (χ0v) is 12.6. The van der Waals surface area contributed by atoms with Crippen LogP contribution in [0, 0.1) is 0 Å². The smallest absolute Gasteiger partial charge is 0.338 e. The predicted octanol–water partition coefficient (Wildman–Crippen LogP) is 3.92. The van der Waals surface area contributed by atoms with Gasteiger partial charge in [0.25, 0.3) is 0 Å². The Morgan fingerprint density at radius 2 is 2.11 bits per heavy atom.